The maximum Gasteiger partial charge on any atom is 0.236 e. The number of halogens is 2. The molecule has 1 fully saturated rings. The van der Waals surface area contributed by atoms with Crippen LogP contribution in [0.2, 0.25) is 0 Å². The minimum absolute atomic E-state index is 0. The fourth-order valence-corrected chi connectivity index (χ4v) is 1.92. The molecule has 0 spiro atoms. The molecule has 0 radical (unpaired) electrons. The van der Waals surface area contributed by atoms with Crippen LogP contribution in [0.3, 0.4) is 0 Å². The molecular weight excluding hydrogens is 261 g/mol. The van der Waals surface area contributed by atoms with Crippen LogP contribution in [0.25, 0.3) is 0 Å². The third-order valence-corrected chi connectivity index (χ3v) is 2.86. The van der Waals surface area contributed by atoms with E-state index in [2.05, 4.69) is 10.2 Å². The molecule has 1 unspecified atom stereocenters. The number of nitrogens with one attached hydrogen (secondary N) is 1. The maximum atomic E-state index is 11.5. The number of nitrogens with zero attached hydrogens (tertiary/aromatic N) is 1. The number of carbonyl (C=O) groups is 1. The molecule has 3 N–H and O–H groups in total. The third kappa shape index (κ3) is 7.82. The fraction of sp³-hybridized carbons (Fsp3) is 0.909. The standard InChI is InChI=1S/C11H23N3O.2ClH/c1-2-5-10(12)11(15)13-6-9-14-7-3-4-8-14;;/h10H,2-9,12H2,1H3,(H,13,15);2*1H. The van der Waals surface area contributed by atoms with Gasteiger partial charge in [0.05, 0.1) is 6.04 Å². The smallest absolute Gasteiger partial charge is 0.236 e. The molecule has 17 heavy (non-hydrogen) atoms. The van der Waals surface area contributed by atoms with E-state index in [1.165, 1.54) is 25.9 Å². The molecule has 1 aliphatic rings. The summed E-state index contributed by atoms with van der Waals surface area (Å²) in [4.78, 5) is 13.8. The van der Waals surface area contributed by atoms with Crippen molar-refractivity contribution in [1.29, 1.82) is 0 Å². The number of carbonyl (C=O) groups excluding carboxylic acids is 1. The van der Waals surface area contributed by atoms with E-state index in [1.54, 1.807) is 0 Å². The van der Waals surface area contributed by atoms with Crippen LogP contribution in [0.15, 0.2) is 0 Å². The third-order valence-electron chi connectivity index (χ3n) is 2.86. The topological polar surface area (TPSA) is 58.4 Å². The summed E-state index contributed by atoms with van der Waals surface area (Å²) >= 11 is 0. The molecular formula is C11H25Cl2N3O. The lowest BCUT2D eigenvalue weighted by atomic mass is 10.2. The number of rotatable bonds is 6. The Labute approximate surface area is 117 Å². The monoisotopic (exact) mass is 285 g/mol. The van der Waals surface area contributed by atoms with Crippen molar-refractivity contribution in [3.8, 4) is 0 Å². The van der Waals surface area contributed by atoms with Crippen LogP contribution in [-0.4, -0.2) is 43.0 Å². The first-order valence-electron chi connectivity index (χ1n) is 5.99. The summed E-state index contributed by atoms with van der Waals surface area (Å²) in [7, 11) is 0. The van der Waals surface area contributed by atoms with Gasteiger partial charge in [-0.25, -0.2) is 0 Å². The Morgan fingerprint density at radius 1 is 1.35 bits per heavy atom. The Bertz CT molecular complexity index is 199. The van der Waals surface area contributed by atoms with E-state index in [1.807, 2.05) is 6.92 Å². The molecule has 1 saturated heterocycles. The van der Waals surface area contributed by atoms with Crippen molar-refractivity contribution >= 4 is 30.7 Å². The van der Waals surface area contributed by atoms with Gasteiger partial charge in [0.25, 0.3) is 0 Å². The molecule has 1 rings (SSSR count). The van der Waals surface area contributed by atoms with Crippen LogP contribution in [0, 0.1) is 0 Å². The van der Waals surface area contributed by atoms with Crippen molar-refractivity contribution in [3.63, 3.8) is 0 Å². The summed E-state index contributed by atoms with van der Waals surface area (Å²) < 4.78 is 0. The Morgan fingerprint density at radius 2 is 1.94 bits per heavy atom. The van der Waals surface area contributed by atoms with Crippen LogP contribution in [0.5, 0.6) is 0 Å². The van der Waals surface area contributed by atoms with E-state index in [9.17, 15) is 4.79 Å². The van der Waals surface area contributed by atoms with Gasteiger partial charge in [0.2, 0.25) is 5.91 Å². The van der Waals surface area contributed by atoms with E-state index in [-0.39, 0.29) is 36.8 Å². The Balaban J connectivity index is 0. The molecule has 0 bridgehead atoms. The molecule has 104 valence electrons. The SMILES string of the molecule is CCCC(N)C(=O)NCCN1CCCC1.Cl.Cl. The lowest BCUT2D eigenvalue weighted by Crippen LogP contribution is -2.43. The molecule has 0 aromatic carbocycles. The van der Waals surface area contributed by atoms with Crippen LogP contribution in [0.1, 0.15) is 32.6 Å². The molecule has 1 atom stereocenters. The summed E-state index contributed by atoms with van der Waals surface area (Å²) in [6.45, 7) is 6.09. The summed E-state index contributed by atoms with van der Waals surface area (Å²) in [5, 5.41) is 2.89. The number of amides is 1. The van der Waals surface area contributed by atoms with Gasteiger partial charge in [-0.1, -0.05) is 13.3 Å². The summed E-state index contributed by atoms with van der Waals surface area (Å²) in [5.74, 6) is -0.00366. The zero-order valence-electron chi connectivity index (χ0n) is 10.5. The normalized spacial score (nSPS) is 16.8. The second-order valence-corrected chi connectivity index (χ2v) is 4.23. The lowest BCUT2D eigenvalue weighted by Gasteiger charge is -2.16. The van der Waals surface area contributed by atoms with Crippen LogP contribution in [0.4, 0.5) is 0 Å². The van der Waals surface area contributed by atoms with Crippen molar-refractivity contribution in [2.45, 2.75) is 38.6 Å². The minimum Gasteiger partial charge on any atom is -0.353 e. The summed E-state index contributed by atoms with van der Waals surface area (Å²) in [6, 6.07) is -0.325. The first-order valence-corrected chi connectivity index (χ1v) is 5.99. The van der Waals surface area contributed by atoms with Crippen LogP contribution < -0.4 is 11.1 Å². The molecule has 0 aromatic heterocycles. The largest absolute Gasteiger partial charge is 0.353 e. The molecule has 0 aliphatic carbocycles. The van der Waals surface area contributed by atoms with E-state index in [4.69, 9.17) is 5.73 Å². The molecule has 1 aliphatic heterocycles. The first kappa shape index (κ1) is 19.3. The highest BCUT2D eigenvalue weighted by Crippen LogP contribution is 2.05. The molecule has 6 heteroatoms. The van der Waals surface area contributed by atoms with E-state index in [0.717, 1.165) is 25.9 Å². The van der Waals surface area contributed by atoms with Crippen molar-refractivity contribution in [2.24, 2.45) is 5.73 Å². The summed E-state index contributed by atoms with van der Waals surface area (Å²) in [6.07, 6.45) is 4.32. The second kappa shape index (κ2) is 11.1. The van der Waals surface area contributed by atoms with Crippen LogP contribution in [-0.2, 0) is 4.79 Å². The predicted octanol–water partition coefficient (Wildman–Crippen LogP) is 1.17. The molecule has 0 aromatic rings. The van der Waals surface area contributed by atoms with E-state index in [0.29, 0.717) is 0 Å². The number of hydrogen-bond donors (Lipinski definition) is 2. The highest BCUT2D eigenvalue weighted by Gasteiger charge is 2.13. The number of likely N-dealkylation sites (tertiary alicyclic amines) is 1. The van der Waals surface area contributed by atoms with Crippen molar-refractivity contribution < 1.29 is 4.79 Å². The quantitative estimate of drug-likeness (QED) is 0.770. The lowest BCUT2D eigenvalue weighted by molar-refractivity contribution is -0.122. The van der Waals surface area contributed by atoms with Gasteiger partial charge in [0, 0.05) is 13.1 Å². The minimum atomic E-state index is -0.325. The zero-order chi connectivity index (χ0) is 11.1. The highest BCUT2D eigenvalue weighted by atomic mass is 35.5. The molecule has 1 heterocycles. The van der Waals surface area contributed by atoms with Gasteiger partial charge in [-0.15, -0.1) is 24.8 Å². The summed E-state index contributed by atoms with van der Waals surface area (Å²) in [5.41, 5.74) is 5.70. The Kier molecular flexibility index (Phi) is 12.6. The van der Waals surface area contributed by atoms with Gasteiger partial charge in [0.1, 0.15) is 0 Å². The average Bonchev–Trinajstić information content (AvgIpc) is 2.71. The van der Waals surface area contributed by atoms with Gasteiger partial charge in [-0.3, -0.25) is 4.79 Å². The first-order chi connectivity index (χ1) is 7.24. The second-order valence-electron chi connectivity index (χ2n) is 4.23. The average molecular weight is 286 g/mol. The maximum absolute atomic E-state index is 11.5. The van der Waals surface area contributed by atoms with Gasteiger partial charge in [0.15, 0.2) is 0 Å². The van der Waals surface area contributed by atoms with Gasteiger partial charge in [-0.2, -0.15) is 0 Å². The van der Waals surface area contributed by atoms with Gasteiger partial charge < -0.3 is 16.0 Å². The van der Waals surface area contributed by atoms with Crippen molar-refractivity contribution in [2.75, 3.05) is 26.2 Å². The number of hydrogen-bond acceptors (Lipinski definition) is 3. The van der Waals surface area contributed by atoms with Crippen molar-refractivity contribution in [1.82, 2.24) is 10.2 Å². The zero-order valence-corrected chi connectivity index (χ0v) is 12.1. The number of nitrogens with two attached hydrogens (primary N) is 1. The Morgan fingerprint density at radius 3 is 2.47 bits per heavy atom. The van der Waals surface area contributed by atoms with E-state index >= 15 is 0 Å². The van der Waals surface area contributed by atoms with Crippen LogP contribution >= 0.6 is 24.8 Å². The molecule has 1 amide bonds. The molecule has 0 saturated carbocycles. The highest BCUT2D eigenvalue weighted by molar-refractivity contribution is 5.85. The Hall–Kier alpha value is -0.0300. The van der Waals surface area contributed by atoms with E-state index < -0.39 is 0 Å². The van der Waals surface area contributed by atoms with Crippen molar-refractivity contribution in [3.05, 3.63) is 0 Å². The predicted molar refractivity (Wildman–Crippen MR) is 76.1 cm³/mol. The fourth-order valence-electron chi connectivity index (χ4n) is 1.92. The molecule has 4 nitrogen and oxygen atoms in total. The van der Waals surface area contributed by atoms with Gasteiger partial charge >= 0.3 is 0 Å². The van der Waals surface area contributed by atoms with Gasteiger partial charge in [-0.05, 0) is 32.4 Å².